The Morgan fingerprint density at radius 3 is 2.20 bits per heavy atom. The average molecular weight is 248 g/mol. The number of rotatable bonds is 6. The van der Waals surface area contributed by atoms with Crippen LogP contribution < -0.4 is 0 Å². The van der Waals surface area contributed by atoms with E-state index in [-0.39, 0.29) is 12.1 Å². The van der Waals surface area contributed by atoms with Crippen LogP contribution in [-0.2, 0) is 4.74 Å². The minimum Gasteiger partial charge on any atom is -0.371 e. The number of nitrogens with zero attached hydrogens (tertiary/aromatic N) is 1. The van der Waals surface area contributed by atoms with E-state index < -0.39 is 12.8 Å². The molecule has 0 spiro atoms. The van der Waals surface area contributed by atoms with Gasteiger partial charge in [0, 0.05) is 18.0 Å². The van der Waals surface area contributed by atoms with E-state index in [0.29, 0.717) is 12.4 Å². The zero-order valence-corrected chi connectivity index (χ0v) is 9.95. The largest absolute Gasteiger partial charge is 0.411 e. The molecule has 15 heavy (non-hydrogen) atoms. The normalized spacial score (nSPS) is 13.6. The molecule has 0 atom stereocenters. The fraction of sp³-hybridized carbons (Fsp3) is 1.00. The van der Waals surface area contributed by atoms with Gasteiger partial charge in [0.2, 0.25) is 0 Å². The summed E-state index contributed by atoms with van der Waals surface area (Å²) in [5.74, 6) is 0.419. The van der Waals surface area contributed by atoms with Gasteiger partial charge in [0.25, 0.3) is 0 Å². The molecule has 0 saturated carbocycles. The molecule has 0 aliphatic carbocycles. The highest BCUT2D eigenvalue weighted by Gasteiger charge is 2.28. The standard InChI is InChI=1S/C9H17ClF3NO/c1-8(2,6-10)14(3)4-5-15-7-9(11,12)13/h4-7H2,1-3H3. The van der Waals surface area contributed by atoms with E-state index in [1.165, 1.54) is 0 Å². The molecule has 0 aromatic heterocycles. The summed E-state index contributed by atoms with van der Waals surface area (Å²) in [6.45, 7) is 3.13. The zero-order chi connectivity index (χ0) is 12.1. The van der Waals surface area contributed by atoms with Crippen molar-refractivity contribution >= 4 is 11.6 Å². The van der Waals surface area contributed by atoms with E-state index in [1.54, 1.807) is 7.05 Å². The molecule has 6 heteroatoms. The van der Waals surface area contributed by atoms with Crippen LogP contribution in [0.4, 0.5) is 13.2 Å². The Bertz CT molecular complexity index is 185. The molecule has 0 bridgehead atoms. The van der Waals surface area contributed by atoms with Crippen molar-refractivity contribution < 1.29 is 17.9 Å². The van der Waals surface area contributed by atoms with Gasteiger partial charge in [0.15, 0.2) is 0 Å². The first-order chi connectivity index (χ1) is 6.69. The first-order valence-corrected chi connectivity index (χ1v) is 5.14. The van der Waals surface area contributed by atoms with Gasteiger partial charge in [-0.3, -0.25) is 4.90 Å². The van der Waals surface area contributed by atoms with Crippen LogP contribution in [0.1, 0.15) is 13.8 Å². The summed E-state index contributed by atoms with van der Waals surface area (Å²) in [4.78, 5) is 1.87. The van der Waals surface area contributed by atoms with Crippen molar-refractivity contribution in [1.82, 2.24) is 4.90 Å². The van der Waals surface area contributed by atoms with Crippen LogP contribution in [0.3, 0.4) is 0 Å². The fourth-order valence-corrected chi connectivity index (χ4v) is 0.998. The molecule has 0 N–H and O–H groups in total. The van der Waals surface area contributed by atoms with Gasteiger partial charge in [-0.15, -0.1) is 11.6 Å². The highest BCUT2D eigenvalue weighted by atomic mass is 35.5. The Balaban J connectivity index is 3.69. The van der Waals surface area contributed by atoms with Crippen molar-refractivity contribution in [1.29, 1.82) is 0 Å². The smallest absolute Gasteiger partial charge is 0.371 e. The van der Waals surface area contributed by atoms with E-state index in [1.807, 2.05) is 18.7 Å². The van der Waals surface area contributed by atoms with Crippen LogP contribution in [-0.4, -0.2) is 49.3 Å². The van der Waals surface area contributed by atoms with Gasteiger partial charge >= 0.3 is 6.18 Å². The fourth-order valence-electron chi connectivity index (χ4n) is 0.794. The third-order valence-corrected chi connectivity index (χ3v) is 2.85. The van der Waals surface area contributed by atoms with E-state index in [4.69, 9.17) is 11.6 Å². The summed E-state index contributed by atoms with van der Waals surface area (Å²) in [5, 5.41) is 0. The SMILES string of the molecule is CN(CCOCC(F)(F)F)C(C)(C)CCl. The summed E-state index contributed by atoms with van der Waals surface area (Å²) in [6.07, 6.45) is -4.25. The molecule has 0 amide bonds. The van der Waals surface area contributed by atoms with Crippen LogP contribution in [0.15, 0.2) is 0 Å². The molecule has 0 aromatic carbocycles. The number of likely N-dealkylation sites (N-methyl/N-ethyl adjacent to an activating group) is 1. The second kappa shape index (κ2) is 5.92. The lowest BCUT2D eigenvalue weighted by molar-refractivity contribution is -0.174. The number of ether oxygens (including phenoxy) is 1. The van der Waals surface area contributed by atoms with Crippen LogP contribution in [0.25, 0.3) is 0 Å². The van der Waals surface area contributed by atoms with Crippen molar-refractivity contribution in [3.05, 3.63) is 0 Å². The molecule has 0 rings (SSSR count). The highest BCUT2D eigenvalue weighted by Crippen LogP contribution is 2.15. The quantitative estimate of drug-likeness (QED) is 0.528. The monoisotopic (exact) mass is 247 g/mol. The molecular formula is C9H17ClF3NO. The van der Waals surface area contributed by atoms with E-state index in [0.717, 1.165) is 0 Å². The van der Waals surface area contributed by atoms with Crippen LogP contribution in [0.5, 0.6) is 0 Å². The molecule has 0 saturated heterocycles. The lowest BCUT2D eigenvalue weighted by atomic mass is 10.1. The molecule has 0 aliphatic heterocycles. The summed E-state index contributed by atoms with van der Waals surface area (Å²) < 4.78 is 39.7. The van der Waals surface area contributed by atoms with Gasteiger partial charge in [-0.25, -0.2) is 0 Å². The summed E-state index contributed by atoms with van der Waals surface area (Å²) in [6, 6.07) is 0. The Hall–Kier alpha value is -0.0000000000000000555. The van der Waals surface area contributed by atoms with Crippen molar-refractivity contribution in [2.45, 2.75) is 25.6 Å². The molecule has 2 nitrogen and oxygen atoms in total. The molecule has 0 heterocycles. The molecular weight excluding hydrogens is 231 g/mol. The maximum Gasteiger partial charge on any atom is 0.411 e. The minimum atomic E-state index is -4.25. The van der Waals surface area contributed by atoms with Gasteiger partial charge < -0.3 is 4.74 Å². The molecule has 0 unspecified atom stereocenters. The number of halogens is 4. The van der Waals surface area contributed by atoms with Crippen molar-refractivity contribution in [3.8, 4) is 0 Å². The molecule has 92 valence electrons. The number of alkyl halides is 4. The van der Waals surface area contributed by atoms with Crippen LogP contribution in [0.2, 0.25) is 0 Å². The lowest BCUT2D eigenvalue weighted by Crippen LogP contribution is -2.44. The van der Waals surface area contributed by atoms with E-state index in [2.05, 4.69) is 4.74 Å². The first kappa shape index (κ1) is 15.0. The second-order valence-electron chi connectivity index (χ2n) is 4.04. The van der Waals surface area contributed by atoms with Gasteiger partial charge in [0.05, 0.1) is 6.61 Å². The van der Waals surface area contributed by atoms with Crippen LogP contribution >= 0.6 is 11.6 Å². The van der Waals surface area contributed by atoms with Gasteiger partial charge in [0.1, 0.15) is 6.61 Å². The number of hydrogen-bond donors (Lipinski definition) is 0. The predicted octanol–water partition coefficient (Wildman–Crippen LogP) is 2.51. The summed E-state index contributed by atoms with van der Waals surface area (Å²) in [5.41, 5.74) is -0.233. The zero-order valence-electron chi connectivity index (χ0n) is 9.20. The first-order valence-electron chi connectivity index (χ1n) is 4.61. The number of hydrogen-bond acceptors (Lipinski definition) is 2. The average Bonchev–Trinajstić information content (AvgIpc) is 2.10. The minimum absolute atomic E-state index is 0.0519. The lowest BCUT2D eigenvalue weighted by Gasteiger charge is -2.33. The predicted molar refractivity (Wildman–Crippen MR) is 54.3 cm³/mol. The molecule has 0 radical (unpaired) electrons. The maximum atomic E-state index is 11.7. The van der Waals surface area contributed by atoms with Gasteiger partial charge in [-0.2, -0.15) is 13.2 Å². The summed E-state index contributed by atoms with van der Waals surface area (Å²) >= 11 is 5.71. The van der Waals surface area contributed by atoms with Crippen molar-refractivity contribution in [3.63, 3.8) is 0 Å². The molecule has 0 aliphatic rings. The maximum absolute atomic E-state index is 11.7. The van der Waals surface area contributed by atoms with Crippen molar-refractivity contribution in [2.24, 2.45) is 0 Å². The topological polar surface area (TPSA) is 12.5 Å². The van der Waals surface area contributed by atoms with Gasteiger partial charge in [-0.1, -0.05) is 0 Å². The highest BCUT2D eigenvalue weighted by molar-refractivity contribution is 6.18. The Kier molecular flexibility index (Phi) is 5.92. The van der Waals surface area contributed by atoms with Crippen molar-refractivity contribution in [2.75, 3.05) is 32.7 Å². The van der Waals surface area contributed by atoms with E-state index in [9.17, 15) is 13.2 Å². The Labute approximate surface area is 93.3 Å². The van der Waals surface area contributed by atoms with Gasteiger partial charge in [-0.05, 0) is 20.9 Å². The Morgan fingerprint density at radius 2 is 1.80 bits per heavy atom. The molecule has 0 aromatic rings. The Morgan fingerprint density at radius 1 is 1.27 bits per heavy atom. The summed E-state index contributed by atoms with van der Waals surface area (Å²) in [7, 11) is 1.80. The molecule has 0 fully saturated rings. The van der Waals surface area contributed by atoms with Crippen LogP contribution in [0, 0.1) is 0 Å². The third-order valence-electron chi connectivity index (χ3n) is 2.20. The van der Waals surface area contributed by atoms with E-state index >= 15 is 0 Å². The second-order valence-corrected chi connectivity index (χ2v) is 4.30. The third kappa shape index (κ3) is 6.98.